The molecule has 1 aliphatic rings. The number of nitrogens with one attached hydrogen (secondary N) is 1. The van der Waals surface area contributed by atoms with Crippen molar-refractivity contribution in [2.45, 2.75) is 44.1 Å². The van der Waals surface area contributed by atoms with Gasteiger partial charge in [0.25, 0.3) is 0 Å². The molecule has 2 rings (SSSR count). The number of aliphatic hydroxyl groups is 2. The van der Waals surface area contributed by atoms with Crippen molar-refractivity contribution in [1.82, 2.24) is 14.5 Å². The highest BCUT2D eigenvalue weighted by Crippen LogP contribution is 2.41. The van der Waals surface area contributed by atoms with E-state index in [0.717, 1.165) is 6.33 Å². The monoisotopic (exact) mass is 299 g/mol. The van der Waals surface area contributed by atoms with E-state index in [2.05, 4.69) is 16.8 Å². The van der Waals surface area contributed by atoms with Gasteiger partial charge in [0.15, 0.2) is 6.23 Å². The second kappa shape index (κ2) is 5.40. The number of alkyl halides is 1. The lowest BCUT2D eigenvalue weighted by Crippen LogP contribution is -2.46. The van der Waals surface area contributed by atoms with Crippen LogP contribution in [0.1, 0.15) is 20.1 Å². The Bertz CT molecular complexity index is 703. The number of rotatable bonds is 2. The molecule has 2 heterocycles. The van der Waals surface area contributed by atoms with Crippen LogP contribution in [0.5, 0.6) is 0 Å². The van der Waals surface area contributed by atoms with E-state index in [9.17, 15) is 19.8 Å². The molecule has 1 unspecified atom stereocenters. The third-order valence-corrected chi connectivity index (χ3v) is 3.18. The number of aromatic amines is 1. The predicted octanol–water partition coefficient (Wildman–Crippen LogP) is -1.70. The number of nitrogens with zero attached hydrogens (tertiary/aromatic N) is 2. The SMILES string of the molecule is CC#C[C@@]1(F)C(O)[C@@H]([C@H](C)O)O[C@H]1n1cnc(=O)[nH]c1=O. The highest BCUT2D eigenvalue weighted by atomic mass is 19.1. The highest BCUT2D eigenvalue weighted by Gasteiger charge is 2.59. The standard InChI is InChI=1S/C12H14FN3O5/c1-3-4-12(13)8(18)7(6(2)17)21-9(12)16-5-14-10(19)15-11(16)20/h5-9,17-18H,1-2H3,(H,15,19,20)/t6-,7+,8?,9+,12+/m0/s1. The van der Waals surface area contributed by atoms with Gasteiger partial charge in [0.1, 0.15) is 18.5 Å². The zero-order valence-corrected chi connectivity index (χ0v) is 11.3. The smallest absolute Gasteiger partial charge is 0.350 e. The second-order valence-corrected chi connectivity index (χ2v) is 4.67. The summed E-state index contributed by atoms with van der Waals surface area (Å²) >= 11 is 0. The molecule has 1 aliphatic heterocycles. The lowest BCUT2D eigenvalue weighted by molar-refractivity contribution is -0.0807. The van der Waals surface area contributed by atoms with Crippen molar-refractivity contribution in [3.63, 3.8) is 0 Å². The molecule has 9 heteroatoms. The van der Waals surface area contributed by atoms with Crippen molar-refractivity contribution in [1.29, 1.82) is 0 Å². The van der Waals surface area contributed by atoms with Crippen LogP contribution in [-0.4, -0.2) is 48.7 Å². The average molecular weight is 299 g/mol. The zero-order valence-electron chi connectivity index (χ0n) is 11.3. The number of hydrogen-bond acceptors (Lipinski definition) is 6. The van der Waals surface area contributed by atoms with Gasteiger partial charge < -0.3 is 14.9 Å². The Morgan fingerprint density at radius 1 is 1.62 bits per heavy atom. The third-order valence-electron chi connectivity index (χ3n) is 3.18. The summed E-state index contributed by atoms with van der Waals surface area (Å²) in [6.07, 6.45) is -5.08. The number of hydrogen-bond donors (Lipinski definition) is 3. The van der Waals surface area contributed by atoms with Gasteiger partial charge in [-0.3, -0.25) is 9.55 Å². The minimum Gasteiger partial charge on any atom is -0.391 e. The summed E-state index contributed by atoms with van der Waals surface area (Å²) in [5.41, 5.74) is -4.48. The first-order chi connectivity index (χ1) is 9.81. The Balaban J connectivity index is 2.56. The molecule has 0 bridgehead atoms. The first-order valence-electron chi connectivity index (χ1n) is 6.13. The Hall–Kier alpha value is -2.02. The van der Waals surface area contributed by atoms with Crippen molar-refractivity contribution in [3.8, 4) is 11.8 Å². The molecule has 3 N–H and O–H groups in total. The van der Waals surface area contributed by atoms with Crippen LogP contribution in [0.25, 0.3) is 0 Å². The largest absolute Gasteiger partial charge is 0.391 e. The molecular weight excluding hydrogens is 285 g/mol. The van der Waals surface area contributed by atoms with Gasteiger partial charge in [-0.05, 0) is 13.8 Å². The Labute approximate surface area is 118 Å². The van der Waals surface area contributed by atoms with Gasteiger partial charge in [-0.1, -0.05) is 5.92 Å². The first-order valence-corrected chi connectivity index (χ1v) is 6.13. The molecule has 1 saturated heterocycles. The van der Waals surface area contributed by atoms with E-state index in [-0.39, 0.29) is 0 Å². The maximum Gasteiger partial charge on any atom is 0.350 e. The number of ether oxygens (including phenoxy) is 1. The fourth-order valence-corrected chi connectivity index (χ4v) is 2.20. The molecule has 0 aliphatic carbocycles. The quantitative estimate of drug-likeness (QED) is 0.560. The van der Waals surface area contributed by atoms with Crippen LogP contribution >= 0.6 is 0 Å². The molecule has 1 fully saturated rings. The molecule has 1 aromatic rings. The minimum absolute atomic E-state index is 0.678. The van der Waals surface area contributed by atoms with Crippen molar-refractivity contribution in [3.05, 3.63) is 27.3 Å². The number of aliphatic hydroxyl groups excluding tert-OH is 2. The lowest BCUT2D eigenvalue weighted by Gasteiger charge is -2.23. The van der Waals surface area contributed by atoms with Gasteiger partial charge >= 0.3 is 11.4 Å². The van der Waals surface area contributed by atoms with Crippen LogP contribution in [-0.2, 0) is 4.74 Å². The van der Waals surface area contributed by atoms with E-state index in [1.54, 1.807) is 0 Å². The summed E-state index contributed by atoms with van der Waals surface area (Å²) in [5, 5.41) is 19.6. The van der Waals surface area contributed by atoms with E-state index < -0.39 is 41.6 Å². The molecule has 0 amide bonds. The van der Waals surface area contributed by atoms with Crippen molar-refractivity contribution in [2.24, 2.45) is 0 Å². The topological polar surface area (TPSA) is 117 Å². The summed E-state index contributed by atoms with van der Waals surface area (Å²) in [7, 11) is 0. The molecular formula is C12H14FN3O5. The van der Waals surface area contributed by atoms with Gasteiger partial charge in [0, 0.05) is 0 Å². The summed E-state index contributed by atoms with van der Waals surface area (Å²) in [6, 6.07) is 0. The first kappa shape index (κ1) is 15.4. The van der Waals surface area contributed by atoms with E-state index in [4.69, 9.17) is 4.74 Å². The normalized spacial score (nSPS) is 33.3. The fourth-order valence-electron chi connectivity index (χ4n) is 2.20. The maximum atomic E-state index is 15.0. The molecule has 114 valence electrons. The van der Waals surface area contributed by atoms with Gasteiger partial charge in [-0.2, -0.15) is 4.98 Å². The number of halogens is 1. The molecule has 0 saturated carbocycles. The third kappa shape index (κ3) is 2.49. The lowest BCUT2D eigenvalue weighted by atomic mass is 9.94. The predicted molar refractivity (Wildman–Crippen MR) is 68.0 cm³/mol. The molecule has 0 spiro atoms. The van der Waals surface area contributed by atoms with Gasteiger partial charge in [-0.15, -0.1) is 5.92 Å². The maximum absolute atomic E-state index is 15.0. The average Bonchev–Trinajstić information content (AvgIpc) is 2.64. The van der Waals surface area contributed by atoms with Crippen LogP contribution in [0, 0.1) is 11.8 Å². The van der Waals surface area contributed by atoms with E-state index in [1.165, 1.54) is 13.8 Å². The molecule has 5 atom stereocenters. The number of H-pyrrole nitrogens is 1. The highest BCUT2D eigenvalue weighted by molar-refractivity contribution is 5.22. The van der Waals surface area contributed by atoms with E-state index in [0.29, 0.717) is 4.57 Å². The molecule has 8 nitrogen and oxygen atoms in total. The minimum atomic E-state index is -2.62. The van der Waals surface area contributed by atoms with Crippen LogP contribution in [0.4, 0.5) is 4.39 Å². The van der Waals surface area contributed by atoms with Gasteiger partial charge in [-0.25, -0.2) is 14.0 Å². The number of aromatic nitrogens is 3. The van der Waals surface area contributed by atoms with Gasteiger partial charge in [0.2, 0.25) is 5.67 Å². The fraction of sp³-hybridized carbons (Fsp3) is 0.583. The van der Waals surface area contributed by atoms with Crippen LogP contribution < -0.4 is 11.4 Å². The van der Waals surface area contributed by atoms with Crippen molar-refractivity contribution >= 4 is 0 Å². The summed E-state index contributed by atoms with van der Waals surface area (Å²) < 4.78 is 20.9. The van der Waals surface area contributed by atoms with Gasteiger partial charge in [0.05, 0.1) is 6.10 Å². The second-order valence-electron chi connectivity index (χ2n) is 4.67. The molecule has 0 radical (unpaired) electrons. The molecule has 1 aromatic heterocycles. The molecule has 21 heavy (non-hydrogen) atoms. The Morgan fingerprint density at radius 2 is 2.29 bits per heavy atom. The summed E-state index contributed by atoms with van der Waals surface area (Å²) in [4.78, 5) is 27.9. The molecule has 0 aromatic carbocycles. The van der Waals surface area contributed by atoms with Crippen molar-refractivity contribution < 1.29 is 19.3 Å². The summed E-state index contributed by atoms with van der Waals surface area (Å²) in [6.45, 7) is 2.67. The van der Waals surface area contributed by atoms with Crippen LogP contribution in [0.3, 0.4) is 0 Å². The van der Waals surface area contributed by atoms with Crippen LogP contribution in [0.2, 0.25) is 0 Å². The summed E-state index contributed by atoms with van der Waals surface area (Å²) in [5.74, 6) is 4.48. The van der Waals surface area contributed by atoms with Crippen molar-refractivity contribution in [2.75, 3.05) is 0 Å². The Kier molecular flexibility index (Phi) is 3.95. The Morgan fingerprint density at radius 3 is 2.81 bits per heavy atom. The van der Waals surface area contributed by atoms with E-state index >= 15 is 4.39 Å². The van der Waals surface area contributed by atoms with E-state index in [1.807, 2.05) is 4.98 Å². The van der Waals surface area contributed by atoms with Crippen LogP contribution in [0.15, 0.2) is 15.9 Å². The zero-order chi connectivity index (χ0) is 15.8.